The van der Waals surface area contributed by atoms with Crippen LogP contribution in [0.15, 0.2) is 33.2 Å². The molecule has 1 aromatic carbocycles. The molecule has 20 heavy (non-hydrogen) atoms. The maximum absolute atomic E-state index is 6.54. The van der Waals surface area contributed by atoms with Crippen LogP contribution in [0.5, 0.6) is 0 Å². The van der Waals surface area contributed by atoms with E-state index in [2.05, 4.69) is 62.9 Å². The lowest BCUT2D eigenvalue weighted by atomic mass is 9.88. The molecule has 0 saturated heterocycles. The molecule has 0 fully saturated rings. The molecule has 0 aliphatic rings. The van der Waals surface area contributed by atoms with Crippen molar-refractivity contribution in [2.45, 2.75) is 39.3 Å². The van der Waals surface area contributed by atoms with Crippen molar-refractivity contribution in [1.82, 2.24) is 9.78 Å². The van der Waals surface area contributed by atoms with E-state index in [1.165, 1.54) is 0 Å². The molecule has 1 aromatic heterocycles. The summed E-state index contributed by atoms with van der Waals surface area (Å²) in [5.74, 6) is 0. The van der Waals surface area contributed by atoms with Crippen molar-refractivity contribution in [3.63, 3.8) is 0 Å². The van der Waals surface area contributed by atoms with E-state index in [0.29, 0.717) is 0 Å². The molecule has 1 atom stereocenters. The van der Waals surface area contributed by atoms with Crippen LogP contribution in [0.3, 0.4) is 0 Å². The maximum Gasteiger partial charge on any atom is 0.0738 e. The zero-order valence-electron chi connectivity index (χ0n) is 12.0. The van der Waals surface area contributed by atoms with Gasteiger partial charge in [0.1, 0.15) is 0 Å². The van der Waals surface area contributed by atoms with Gasteiger partial charge in [-0.15, -0.1) is 0 Å². The Labute approximate surface area is 136 Å². The molecule has 3 nitrogen and oxygen atoms in total. The third kappa shape index (κ3) is 3.15. The highest BCUT2D eigenvalue weighted by molar-refractivity contribution is 9.10. The normalized spacial score (nSPS) is 14.3. The number of hydrogen-bond acceptors (Lipinski definition) is 2. The van der Waals surface area contributed by atoms with Crippen LogP contribution in [0.2, 0.25) is 0 Å². The van der Waals surface area contributed by atoms with E-state index in [1.54, 1.807) is 0 Å². The lowest BCUT2D eigenvalue weighted by Crippen LogP contribution is -2.36. The van der Waals surface area contributed by atoms with E-state index in [0.717, 1.165) is 38.9 Å². The Morgan fingerprint density at radius 1 is 1.25 bits per heavy atom. The summed E-state index contributed by atoms with van der Waals surface area (Å²) < 4.78 is 4.14. The highest BCUT2D eigenvalue weighted by Crippen LogP contribution is 2.29. The van der Waals surface area contributed by atoms with Crippen molar-refractivity contribution in [2.75, 3.05) is 0 Å². The van der Waals surface area contributed by atoms with Crippen LogP contribution in [0.25, 0.3) is 0 Å². The minimum atomic E-state index is -0.428. The van der Waals surface area contributed by atoms with Gasteiger partial charge >= 0.3 is 0 Å². The van der Waals surface area contributed by atoms with Crippen LogP contribution in [-0.2, 0) is 18.5 Å². The van der Waals surface area contributed by atoms with Gasteiger partial charge in [0.2, 0.25) is 0 Å². The second kappa shape index (κ2) is 6.00. The summed E-state index contributed by atoms with van der Waals surface area (Å²) in [6, 6.07) is 8.19. The molecule has 108 valence electrons. The summed E-state index contributed by atoms with van der Waals surface area (Å²) in [6.07, 6.45) is 0.740. The predicted molar refractivity (Wildman–Crippen MR) is 89.7 cm³/mol. The Balaban J connectivity index is 2.35. The average Bonchev–Trinajstić information content (AvgIpc) is 2.66. The van der Waals surface area contributed by atoms with E-state index < -0.39 is 5.54 Å². The molecule has 1 unspecified atom stereocenters. The lowest BCUT2D eigenvalue weighted by molar-refractivity contribution is 0.463. The van der Waals surface area contributed by atoms with Crippen molar-refractivity contribution in [1.29, 1.82) is 0 Å². The molecule has 2 rings (SSSR count). The summed E-state index contributed by atoms with van der Waals surface area (Å²) in [6.45, 7) is 7.01. The van der Waals surface area contributed by atoms with E-state index >= 15 is 0 Å². The van der Waals surface area contributed by atoms with Gasteiger partial charge in [-0.05, 0) is 54.4 Å². The molecule has 0 amide bonds. The van der Waals surface area contributed by atoms with Gasteiger partial charge in [0.05, 0.1) is 15.9 Å². The van der Waals surface area contributed by atoms with Crippen molar-refractivity contribution in [2.24, 2.45) is 5.73 Å². The monoisotopic (exact) mass is 399 g/mol. The Morgan fingerprint density at radius 3 is 2.40 bits per heavy atom. The molecular formula is C15H19Br2N3. The molecule has 0 spiro atoms. The number of aromatic nitrogens is 2. The van der Waals surface area contributed by atoms with Crippen LogP contribution < -0.4 is 5.73 Å². The molecule has 2 aromatic rings. The summed E-state index contributed by atoms with van der Waals surface area (Å²) in [4.78, 5) is 0. The highest BCUT2D eigenvalue weighted by atomic mass is 79.9. The Morgan fingerprint density at radius 2 is 1.85 bits per heavy atom. The standard InChI is InChI=1S/C15H19Br2N3/c1-4-20-13(14(17)10(2)19-20)9-15(3,18)11-5-7-12(16)8-6-11/h5-8H,4,9,18H2,1-3H3. The zero-order chi connectivity index (χ0) is 14.9. The first-order chi connectivity index (χ1) is 9.35. The van der Waals surface area contributed by atoms with Crippen LogP contribution >= 0.6 is 31.9 Å². The average molecular weight is 401 g/mol. The van der Waals surface area contributed by atoms with E-state index in [4.69, 9.17) is 5.73 Å². The fourth-order valence-corrected chi connectivity index (χ4v) is 3.01. The Hall–Kier alpha value is -0.650. The molecule has 0 radical (unpaired) electrons. The van der Waals surface area contributed by atoms with Gasteiger partial charge in [-0.1, -0.05) is 28.1 Å². The SMILES string of the molecule is CCn1nc(C)c(Br)c1CC(C)(N)c1ccc(Br)cc1. The highest BCUT2D eigenvalue weighted by Gasteiger charge is 2.26. The van der Waals surface area contributed by atoms with E-state index in [-0.39, 0.29) is 0 Å². The topological polar surface area (TPSA) is 43.8 Å². The summed E-state index contributed by atoms with van der Waals surface area (Å²) in [5.41, 5.74) is 9.39. The third-order valence-corrected chi connectivity index (χ3v) is 5.05. The van der Waals surface area contributed by atoms with Gasteiger partial charge in [-0.3, -0.25) is 4.68 Å². The Bertz CT molecular complexity index is 600. The van der Waals surface area contributed by atoms with Crippen LogP contribution in [0, 0.1) is 6.92 Å². The third-order valence-electron chi connectivity index (χ3n) is 3.49. The van der Waals surface area contributed by atoms with Crippen molar-refractivity contribution >= 4 is 31.9 Å². The first kappa shape index (κ1) is 15.7. The van der Waals surface area contributed by atoms with Crippen LogP contribution in [0.4, 0.5) is 0 Å². The summed E-state index contributed by atoms with van der Waals surface area (Å²) in [5, 5.41) is 4.53. The second-order valence-electron chi connectivity index (χ2n) is 5.26. The number of aryl methyl sites for hydroxylation is 2. The van der Waals surface area contributed by atoms with Crippen LogP contribution in [0.1, 0.15) is 30.8 Å². The molecule has 0 bridgehead atoms. The minimum Gasteiger partial charge on any atom is -0.321 e. The van der Waals surface area contributed by atoms with Gasteiger partial charge in [-0.25, -0.2) is 0 Å². The molecule has 1 heterocycles. The van der Waals surface area contributed by atoms with Gasteiger partial charge in [0.15, 0.2) is 0 Å². The van der Waals surface area contributed by atoms with Crippen molar-refractivity contribution in [3.8, 4) is 0 Å². The molecule has 0 aliphatic heterocycles. The zero-order valence-corrected chi connectivity index (χ0v) is 15.1. The molecule has 0 aliphatic carbocycles. The van der Waals surface area contributed by atoms with Gasteiger partial charge < -0.3 is 5.73 Å². The first-order valence-electron chi connectivity index (χ1n) is 6.62. The molecular weight excluding hydrogens is 382 g/mol. The van der Waals surface area contributed by atoms with E-state index in [9.17, 15) is 0 Å². The van der Waals surface area contributed by atoms with Gasteiger partial charge in [0, 0.05) is 23.0 Å². The second-order valence-corrected chi connectivity index (χ2v) is 6.97. The first-order valence-corrected chi connectivity index (χ1v) is 8.20. The smallest absolute Gasteiger partial charge is 0.0738 e. The number of benzene rings is 1. The maximum atomic E-state index is 6.54. The summed E-state index contributed by atoms with van der Waals surface area (Å²) in [7, 11) is 0. The number of rotatable bonds is 4. The van der Waals surface area contributed by atoms with E-state index in [1.807, 2.05) is 23.7 Å². The number of nitrogens with two attached hydrogens (primary N) is 1. The van der Waals surface area contributed by atoms with Gasteiger partial charge in [-0.2, -0.15) is 5.10 Å². The minimum absolute atomic E-state index is 0.428. The number of hydrogen-bond donors (Lipinski definition) is 1. The fourth-order valence-electron chi connectivity index (χ4n) is 2.32. The predicted octanol–water partition coefficient (Wildman–Crippen LogP) is 4.15. The van der Waals surface area contributed by atoms with Crippen LogP contribution in [-0.4, -0.2) is 9.78 Å². The largest absolute Gasteiger partial charge is 0.321 e. The quantitative estimate of drug-likeness (QED) is 0.837. The fraction of sp³-hybridized carbons (Fsp3) is 0.400. The molecule has 0 saturated carbocycles. The molecule has 2 N–H and O–H groups in total. The molecule has 5 heteroatoms. The lowest BCUT2D eigenvalue weighted by Gasteiger charge is -2.26. The van der Waals surface area contributed by atoms with Crippen molar-refractivity contribution in [3.05, 3.63) is 50.2 Å². The van der Waals surface area contributed by atoms with Gasteiger partial charge in [0.25, 0.3) is 0 Å². The number of nitrogens with zero attached hydrogens (tertiary/aromatic N) is 2. The summed E-state index contributed by atoms with van der Waals surface area (Å²) >= 11 is 7.09. The number of halogens is 2. The Kier molecular flexibility index (Phi) is 4.72. The van der Waals surface area contributed by atoms with Crippen molar-refractivity contribution < 1.29 is 0 Å².